The van der Waals surface area contributed by atoms with Crippen LogP contribution < -0.4 is 10.5 Å². The van der Waals surface area contributed by atoms with Gasteiger partial charge in [0.05, 0.1) is 12.6 Å². The SMILES string of the molecule is COc1ccc2[nH]nc(-c3cccc(N)c3)c2c1. The van der Waals surface area contributed by atoms with E-state index in [-0.39, 0.29) is 0 Å². The fourth-order valence-corrected chi connectivity index (χ4v) is 2.03. The molecule has 0 saturated heterocycles. The highest BCUT2D eigenvalue weighted by molar-refractivity contribution is 5.94. The molecular formula is C14H13N3O. The van der Waals surface area contributed by atoms with Crippen molar-refractivity contribution in [2.45, 2.75) is 0 Å². The summed E-state index contributed by atoms with van der Waals surface area (Å²) in [7, 11) is 1.65. The molecule has 3 rings (SSSR count). The first kappa shape index (κ1) is 10.7. The Morgan fingerprint density at radius 3 is 2.83 bits per heavy atom. The summed E-state index contributed by atoms with van der Waals surface area (Å²) in [6, 6.07) is 13.5. The molecule has 0 atom stereocenters. The van der Waals surface area contributed by atoms with E-state index in [0.29, 0.717) is 0 Å². The zero-order valence-electron chi connectivity index (χ0n) is 9.97. The van der Waals surface area contributed by atoms with Crippen molar-refractivity contribution in [2.24, 2.45) is 0 Å². The molecule has 1 heterocycles. The molecule has 4 heteroatoms. The first-order valence-corrected chi connectivity index (χ1v) is 5.66. The van der Waals surface area contributed by atoms with Gasteiger partial charge in [-0.2, -0.15) is 5.10 Å². The van der Waals surface area contributed by atoms with Crippen molar-refractivity contribution in [3.8, 4) is 17.0 Å². The van der Waals surface area contributed by atoms with Gasteiger partial charge in [-0.25, -0.2) is 0 Å². The first-order chi connectivity index (χ1) is 8.78. The maximum absolute atomic E-state index is 5.80. The van der Waals surface area contributed by atoms with Gasteiger partial charge in [-0.05, 0) is 30.3 Å². The molecule has 0 aliphatic rings. The van der Waals surface area contributed by atoms with Gasteiger partial charge in [0.1, 0.15) is 11.4 Å². The highest BCUT2D eigenvalue weighted by atomic mass is 16.5. The molecule has 0 spiro atoms. The topological polar surface area (TPSA) is 63.9 Å². The molecule has 4 nitrogen and oxygen atoms in total. The van der Waals surface area contributed by atoms with Crippen LogP contribution in [-0.4, -0.2) is 17.3 Å². The number of hydrogen-bond acceptors (Lipinski definition) is 3. The maximum Gasteiger partial charge on any atom is 0.119 e. The summed E-state index contributed by atoms with van der Waals surface area (Å²) in [5.74, 6) is 0.814. The Kier molecular flexibility index (Phi) is 2.41. The monoisotopic (exact) mass is 239 g/mol. The van der Waals surface area contributed by atoms with Crippen LogP contribution in [0.3, 0.4) is 0 Å². The number of ether oxygens (including phenoxy) is 1. The molecule has 2 aromatic carbocycles. The third-order valence-electron chi connectivity index (χ3n) is 2.93. The minimum atomic E-state index is 0.728. The number of fused-ring (bicyclic) bond motifs is 1. The van der Waals surface area contributed by atoms with Gasteiger partial charge in [-0.15, -0.1) is 0 Å². The van der Waals surface area contributed by atoms with Crippen molar-refractivity contribution in [1.29, 1.82) is 0 Å². The fraction of sp³-hybridized carbons (Fsp3) is 0.0714. The zero-order chi connectivity index (χ0) is 12.5. The molecule has 0 amide bonds. The van der Waals surface area contributed by atoms with Crippen LogP contribution in [0.5, 0.6) is 5.75 Å². The van der Waals surface area contributed by atoms with Crippen molar-refractivity contribution in [3.63, 3.8) is 0 Å². The van der Waals surface area contributed by atoms with Crippen molar-refractivity contribution in [1.82, 2.24) is 10.2 Å². The zero-order valence-corrected chi connectivity index (χ0v) is 9.97. The third-order valence-corrected chi connectivity index (χ3v) is 2.93. The minimum Gasteiger partial charge on any atom is -0.497 e. The van der Waals surface area contributed by atoms with E-state index in [4.69, 9.17) is 10.5 Å². The lowest BCUT2D eigenvalue weighted by atomic mass is 10.1. The van der Waals surface area contributed by atoms with Gasteiger partial charge in [0.15, 0.2) is 0 Å². The third kappa shape index (κ3) is 1.68. The molecule has 0 aliphatic carbocycles. The van der Waals surface area contributed by atoms with Gasteiger partial charge in [-0.3, -0.25) is 5.10 Å². The maximum atomic E-state index is 5.80. The molecule has 3 N–H and O–H groups in total. The Balaban J connectivity index is 2.22. The number of nitrogens with zero attached hydrogens (tertiary/aromatic N) is 1. The minimum absolute atomic E-state index is 0.728. The number of nitrogen functional groups attached to an aromatic ring is 1. The number of H-pyrrole nitrogens is 1. The van der Waals surface area contributed by atoms with Gasteiger partial charge in [0, 0.05) is 16.6 Å². The van der Waals surface area contributed by atoms with Gasteiger partial charge < -0.3 is 10.5 Å². The van der Waals surface area contributed by atoms with E-state index in [1.165, 1.54) is 0 Å². The molecule has 0 fully saturated rings. The summed E-state index contributed by atoms with van der Waals surface area (Å²) >= 11 is 0. The normalized spacial score (nSPS) is 10.7. The molecule has 0 unspecified atom stereocenters. The Morgan fingerprint density at radius 1 is 1.17 bits per heavy atom. The van der Waals surface area contributed by atoms with E-state index >= 15 is 0 Å². The number of benzene rings is 2. The second-order valence-electron chi connectivity index (χ2n) is 4.11. The molecule has 0 aliphatic heterocycles. The largest absolute Gasteiger partial charge is 0.497 e. The van der Waals surface area contributed by atoms with Crippen LogP contribution in [0.2, 0.25) is 0 Å². The molecule has 0 radical (unpaired) electrons. The standard InChI is InChI=1S/C14H13N3O/c1-18-11-5-6-13-12(8-11)14(17-16-13)9-3-2-4-10(15)7-9/h2-8H,15H2,1H3,(H,16,17). The van der Waals surface area contributed by atoms with Crippen LogP contribution in [0.15, 0.2) is 42.5 Å². The number of aromatic nitrogens is 2. The van der Waals surface area contributed by atoms with Crippen molar-refractivity contribution in [3.05, 3.63) is 42.5 Å². The summed E-state index contributed by atoms with van der Waals surface area (Å²) in [6.45, 7) is 0. The Labute approximate surface area is 104 Å². The van der Waals surface area contributed by atoms with Crippen LogP contribution in [-0.2, 0) is 0 Å². The number of hydrogen-bond donors (Lipinski definition) is 2. The van der Waals surface area contributed by atoms with Crippen LogP contribution in [0.25, 0.3) is 22.2 Å². The summed E-state index contributed by atoms with van der Waals surface area (Å²) < 4.78 is 5.24. The molecule has 18 heavy (non-hydrogen) atoms. The lowest BCUT2D eigenvalue weighted by Gasteiger charge is -2.01. The van der Waals surface area contributed by atoms with E-state index < -0.39 is 0 Å². The summed E-state index contributed by atoms with van der Waals surface area (Å²) in [5.41, 5.74) is 9.39. The predicted octanol–water partition coefficient (Wildman–Crippen LogP) is 2.82. The van der Waals surface area contributed by atoms with Crippen molar-refractivity contribution in [2.75, 3.05) is 12.8 Å². The smallest absolute Gasteiger partial charge is 0.119 e. The fourth-order valence-electron chi connectivity index (χ4n) is 2.03. The van der Waals surface area contributed by atoms with Gasteiger partial charge in [0.2, 0.25) is 0 Å². The molecule has 0 saturated carbocycles. The highest BCUT2D eigenvalue weighted by Crippen LogP contribution is 2.29. The van der Waals surface area contributed by atoms with Crippen LogP contribution in [0.1, 0.15) is 0 Å². The Bertz CT molecular complexity index is 703. The quantitative estimate of drug-likeness (QED) is 0.676. The number of methoxy groups -OCH3 is 1. The van der Waals surface area contributed by atoms with Gasteiger partial charge in [0.25, 0.3) is 0 Å². The number of nitrogens with two attached hydrogens (primary N) is 1. The summed E-state index contributed by atoms with van der Waals surface area (Å²) in [5, 5.41) is 8.38. The molecule has 90 valence electrons. The summed E-state index contributed by atoms with van der Waals surface area (Å²) in [4.78, 5) is 0. The predicted molar refractivity (Wildman–Crippen MR) is 72.5 cm³/mol. The molecule has 1 aromatic heterocycles. The van der Waals surface area contributed by atoms with Crippen molar-refractivity contribution >= 4 is 16.6 Å². The van der Waals surface area contributed by atoms with Crippen LogP contribution >= 0.6 is 0 Å². The molecule has 3 aromatic rings. The van der Waals surface area contributed by atoms with Gasteiger partial charge >= 0.3 is 0 Å². The molecule has 0 bridgehead atoms. The van der Waals surface area contributed by atoms with E-state index in [9.17, 15) is 0 Å². The number of nitrogens with one attached hydrogen (secondary N) is 1. The van der Waals surface area contributed by atoms with E-state index in [0.717, 1.165) is 33.6 Å². The number of aromatic amines is 1. The van der Waals surface area contributed by atoms with E-state index in [2.05, 4.69) is 10.2 Å². The number of anilines is 1. The average molecular weight is 239 g/mol. The Hall–Kier alpha value is -2.49. The second kappa shape index (κ2) is 4.07. The second-order valence-corrected chi connectivity index (χ2v) is 4.11. The van der Waals surface area contributed by atoms with E-state index in [1.807, 2.05) is 42.5 Å². The average Bonchev–Trinajstić information content (AvgIpc) is 2.81. The van der Waals surface area contributed by atoms with Crippen LogP contribution in [0, 0.1) is 0 Å². The Morgan fingerprint density at radius 2 is 2.06 bits per heavy atom. The number of rotatable bonds is 2. The first-order valence-electron chi connectivity index (χ1n) is 5.66. The summed E-state index contributed by atoms with van der Waals surface area (Å²) in [6.07, 6.45) is 0. The van der Waals surface area contributed by atoms with Crippen molar-refractivity contribution < 1.29 is 4.74 Å². The lowest BCUT2D eigenvalue weighted by molar-refractivity contribution is 0.415. The highest BCUT2D eigenvalue weighted by Gasteiger charge is 2.09. The lowest BCUT2D eigenvalue weighted by Crippen LogP contribution is -1.86. The molecular weight excluding hydrogens is 226 g/mol. The van der Waals surface area contributed by atoms with Crippen LogP contribution in [0.4, 0.5) is 5.69 Å². The van der Waals surface area contributed by atoms with E-state index in [1.54, 1.807) is 7.11 Å². The van der Waals surface area contributed by atoms with Gasteiger partial charge in [-0.1, -0.05) is 12.1 Å².